The molecule has 0 aliphatic carbocycles. The topological polar surface area (TPSA) is 66.9 Å². The number of hydrogen-bond donors (Lipinski definition) is 0. The fraction of sp³-hybridized carbons (Fsp3) is 0.933. The SMILES string of the molecule is CC[C@H]1CN(C(=O)CS(=O)(=O)C(C)C)C[C@H]1N1CCOCC1. The number of amides is 1. The summed E-state index contributed by atoms with van der Waals surface area (Å²) in [6, 6.07) is 0.333. The lowest BCUT2D eigenvalue weighted by molar-refractivity contribution is -0.127. The van der Waals surface area contributed by atoms with E-state index in [0.717, 1.165) is 32.7 Å². The van der Waals surface area contributed by atoms with Gasteiger partial charge in [-0.05, 0) is 19.8 Å². The van der Waals surface area contributed by atoms with Crippen LogP contribution in [0.4, 0.5) is 0 Å². The minimum atomic E-state index is -3.33. The first-order valence-electron chi connectivity index (χ1n) is 8.16. The zero-order valence-corrected chi connectivity index (χ0v) is 14.6. The standard InChI is InChI=1S/C15H28N2O4S/c1-4-13-9-17(15(18)11-22(19,20)12(2)3)10-14(13)16-5-7-21-8-6-16/h12-14H,4-11H2,1-3H3/t13-,14+/m0/s1. The summed E-state index contributed by atoms with van der Waals surface area (Å²) in [4.78, 5) is 16.5. The molecular weight excluding hydrogens is 304 g/mol. The third kappa shape index (κ3) is 4.00. The molecule has 2 saturated heterocycles. The Morgan fingerprint density at radius 2 is 1.86 bits per heavy atom. The van der Waals surface area contributed by atoms with Crippen LogP contribution in [0.1, 0.15) is 27.2 Å². The summed E-state index contributed by atoms with van der Waals surface area (Å²) in [5.41, 5.74) is 0. The summed E-state index contributed by atoms with van der Waals surface area (Å²) in [5.74, 6) is -0.191. The van der Waals surface area contributed by atoms with E-state index in [0.29, 0.717) is 25.0 Å². The number of nitrogens with zero attached hydrogens (tertiary/aromatic N) is 2. The van der Waals surface area contributed by atoms with Crippen LogP contribution in [-0.2, 0) is 19.4 Å². The number of rotatable bonds is 5. The van der Waals surface area contributed by atoms with Crippen molar-refractivity contribution in [2.45, 2.75) is 38.5 Å². The molecule has 0 N–H and O–H groups in total. The van der Waals surface area contributed by atoms with Crippen LogP contribution >= 0.6 is 0 Å². The van der Waals surface area contributed by atoms with Crippen LogP contribution in [0, 0.1) is 5.92 Å². The van der Waals surface area contributed by atoms with Crippen molar-refractivity contribution in [2.75, 3.05) is 45.1 Å². The average Bonchev–Trinajstić information content (AvgIpc) is 2.92. The highest BCUT2D eigenvalue weighted by Gasteiger charge is 2.39. The molecule has 0 bridgehead atoms. The Kier molecular flexibility index (Phi) is 5.85. The summed E-state index contributed by atoms with van der Waals surface area (Å²) < 4.78 is 29.3. The number of sulfone groups is 1. The molecule has 2 atom stereocenters. The minimum absolute atomic E-state index is 0.247. The molecule has 0 aromatic rings. The normalized spacial score (nSPS) is 27.5. The van der Waals surface area contributed by atoms with Gasteiger partial charge in [-0.2, -0.15) is 0 Å². The molecule has 2 aliphatic rings. The van der Waals surface area contributed by atoms with Gasteiger partial charge in [0, 0.05) is 32.2 Å². The van der Waals surface area contributed by atoms with Crippen LogP contribution in [0.3, 0.4) is 0 Å². The molecule has 2 rings (SSSR count). The van der Waals surface area contributed by atoms with Crippen molar-refractivity contribution >= 4 is 15.7 Å². The summed E-state index contributed by atoms with van der Waals surface area (Å²) in [5, 5.41) is -0.504. The van der Waals surface area contributed by atoms with Crippen LogP contribution in [-0.4, -0.2) is 80.6 Å². The molecule has 0 radical (unpaired) electrons. The number of likely N-dealkylation sites (tertiary alicyclic amines) is 1. The largest absolute Gasteiger partial charge is 0.379 e. The summed E-state index contributed by atoms with van der Waals surface area (Å²) >= 11 is 0. The number of carbonyl (C=O) groups is 1. The van der Waals surface area contributed by atoms with Crippen molar-refractivity contribution in [2.24, 2.45) is 5.92 Å². The molecule has 6 nitrogen and oxygen atoms in total. The Labute approximate surface area is 133 Å². The zero-order chi connectivity index (χ0) is 16.3. The molecule has 22 heavy (non-hydrogen) atoms. The van der Waals surface area contributed by atoms with Crippen LogP contribution in [0.5, 0.6) is 0 Å². The second-order valence-electron chi connectivity index (χ2n) is 6.54. The predicted octanol–water partition coefficient (Wildman–Crippen LogP) is 0.379. The van der Waals surface area contributed by atoms with Crippen LogP contribution < -0.4 is 0 Å². The van der Waals surface area contributed by atoms with E-state index in [4.69, 9.17) is 4.74 Å². The maximum atomic E-state index is 12.4. The van der Waals surface area contributed by atoms with Gasteiger partial charge in [0.2, 0.25) is 5.91 Å². The van der Waals surface area contributed by atoms with Gasteiger partial charge >= 0.3 is 0 Å². The third-order valence-electron chi connectivity index (χ3n) is 4.84. The maximum Gasteiger partial charge on any atom is 0.237 e. The van der Waals surface area contributed by atoms with Gasteiger partial charge in [-0.3, -0.25) is 9.69 Å². The first kappa shape index (κ1) is 17.7. The van der Waals surface area contributed by atoms with Crippen molar-refractivity contribution < 1.29 is 17.9 Å². The second kappa shape index (κ2) is 7.27. The van der Waals surface area contributed by atoms with Gasteiger partial charge in [0.15, 0.2) is 9.84 Å². The number of carbonyl (C=O) groups excluding carboxylic acids is 1. The Bertz CT molecular complexity index is 486. The second-order valence-corrected chi connectivity index (χ2v) is 9.10. The molecule has 0 unspecified atom stereocenters. The lowest BCUT2D eigenvalue weighted by Crippen LogP contribution is -2.47. The van der Waals surface area contributed by atoms with E-state index in [-0.39, 0.29) is 11.7 Å². The van der Waals surface area contributed by atoms with Gasteiger partial charge < -0.3 is 9.64 Å². The van der Waals surface area contributed by atoms with Gasteiger partial charge in [0.1, 0.15) is 5.75 Å². The molecule has 0 aromatic carbocycles. The van der Waals surface area contributed by atoms with Gasteiger partial charge in [-0.25, -0.2) is 8.42 Å². The highest BCUT2D eigenvalue weighted by Crippen LogP contribution is 2.26. The number of ether oxygens (including phenoxy) is 1. The van der Waals surface area contributed by atoms with Crippen molar-refractivity contribution in [3.8, 4) is 0 Å². The van der Waals surface area contributed by atoms with E-state index < -0.39 is 15.1 Å². The summed E-state index contributed by atoms with van der Waals surface area (Å²) in [6.45, 7) is 9.97. The smallest absolute Gasteiger partial charge is 0.237 e. The molecule has 7 heteroatoms. The molecule has 1 amide bonds. The lowest BCUT2D eigenvalue weighted by Gasteiger charge is -2.34. The van der Waals surface area contributed by atoms with Crippen LogP contribution in [0.2, 0.25) is 0 Å². The van der Waals surface area contributed by atoms with Crippen molar-refractivity contribution in [1.82, 2.24) is 9.80 Å². The van der Waals surface area contributed by atoms with E-state index in [9.17, 15) is 13.2 Å². The van der Waals surface area contributed by atoms with E-state index >= 15 is 0 Å². The summed E-state index contributed by atoms with van der Waals surface area (Å²) in [7, 11) is -3.33. The van der Waals surface area contributed by atoms with Gasteiger partial charge in [0.05, 0.1) is 18.5 Å². The minimum Gasteiger partial charge on any atom is -0.379 e. The van der Waals surface area contributed by atoms with E-state index in [1.807, 2.05) is 0 Å². The zero-order valence-electron chi connectivity index (χ0n) is 13.8. The van der Waals surface area contributed by atoms with E-state index in [1.165, 1.54) is 0 Å². The third-order valence-corrected chi connectivity index (χ3v) is 6.93. The van der Waals surface area contributed by atoms with Crippen molar-refractivity contribution in [1.29, 1.82) is 0 Å². The summed E-state index contributed by atoms with van der Waals surface area (Å²) in [6.07, 6.45) is 1.00. The fourth-order valence-corrected chi connectivity index (χ4v) is 4.07. The first-order chi connectivity index (χ1) is 10.3. The number of hydrogen-bond acceptors (Lipinski definition) is 5. The maximum absolute atomic E-state index is 12.4. The predicted molar refractivity (Wildman–Crippen MR) is 85.5 cm³/mol. The van der Waals surface area contributed by atoms with Gasteiger partial charge in [-0.1, -0.05) is 13.3 Å². The molecule has 2 heterocycles. The quantitative estimate of drug-likeness (QED) is 0.728. The first-order valence-corrected chi connectivity index (χ1v) is 9.87. The number of morpholine rings is 1. The lowest BCUT2D eigenvalue weighted by atomic mass is 9.99. The molecular formula is C15H28N2O4S. The Hall–Kier alpha value is -0.660. The highest BCUT2D eigenvalue weighted by molar-refractivity contribution is 7.92. The monoisotopic (exact) mass is 332 g/mol. The van der Waals surface area contributed by atoms with E-state index in [2.05, 4.69) is 11.8 Å². The fourth-order valence-electron chi connectivity index (χ4n) is 3.21. The van der Waals surface area contributed by atoms with Crippen LogP contribution in [0.25, 0.3) is 0 Å². The Balaban J connectivity index is 2.00. The Morgan fingerprint density at radius 1 is 1.23 bits per heavy atom. The van der Waals surface area contributed by atoms with Crippen molar-refractivity contribution in [3.05, 3.63) is 0 Å². The molecule has 0 aromatic heterocycles. The molecule has 0 saturated carbocycles. The molecule has 0 spiro atoms. The van der Waals surface area contributed by atoms with E-state index in [1.54, 1.807) is 18.7 Å². The van der Waals surface area contributed by atoms with Gasteiger partial charge in [0.25, 0.3) is 0 Å². The molecule has 2 aliphatic heterocycles. The van der Waals surface area contributed by atoms with Gasteiger partial charge in [-0.15, -0.1) is 0 Å². The Morgan fingerprint density at radius 3 is 2.41 bits per heavy atom. The van der Waals surface area contributed by atoms with Crippen molar-refractivity contribution in [3.63, 3.8) is 0 Å². The highest BCUT2D eigenvalue weighted by atomic mass is 32.2. The average molecular weight is 332 g/mol. The molecule has 128 valence electrons. The van der Waals surface area contributed by atoms with Crippen LogP contribution in [0.15, 0.2) is 0 Å². The molecule has 2 fully saturated rings.